The van der Waals surface area contributed by atoms with Gasteiger partial charge in [0.1, 0.15) is 5.75 Å². The van der Waals surface area contributed by atoms with Crippen LogP contribution in [0.2, 0.25) is 0 Å². The van der Waals surface area contributed by atoms with Gasteiger partial charge in [-0.2, -0.15) is 0 Å². The van der Waals surface area contributed by atoms with Crippen molar-refractivity contribution in [2.75, 3.05) is 13.0 Å². The molecule has 0 N–H and O–H groups in total. The van der Waals surface area contributed by atoms with E-state index in [0.717, 1.165) is 6.42 Å². The van der Waals surface area contributed by atoms with Crippen molar-refractivity contribution in [3.8, 4) is 17.1 Å². The van der Waals surface area contributed by atoms with Crippen molar-refractivity contribution in [3.63, 3.8) is 0 Å². The van der Waals surface area contributed by atoms with Crippen molar-refractivity contribution in [3.05, 3.63) is 40.4 Å². The molecule has 0 amide bonds. The number of methoxy groups -OCH3 is 1. The van der Waals surface area contributed by atoms with Crippen LogP contribution in [0, 0.1) is 10.1 Å². The molecule has 0 aliphatic rings. The molecule has 0 spiro atoms. The standard InChI is InChI=1S/C13H13ClN2O4/c1-19-11-7-9(16(17)18)4-5-10(11)12-8-15-13(20-12)3-2-6-14/h4-5,7-8H,2-3,6H2,1H3. The maximum atomic E-state index is 10.7. The van der Waals surface area contributed by atoms with E-state index >= 15 is 0 Å². The number of oxazole rings is 1. The second kappa shape index (κ2) is 6.38. The molecular formula is C13H13ClN2O4. The zero-order valence-corrected chi connectivity index (χ0v) is 11.6. The van der Waals surface area contributed by atoms with Crippen LogP contribution in [0.1, 0.15) is 12.3 Å². The van der Waals surface area contributed by atoms with E-state index < -0.39 is 4.92 Å². The topological polar surface area (TPSA) is 78.4 Å². The average molecular weight is 297 g/mol. The van der Waals surface area contributed by atoms with Crippen molar-refractivity contribution < 1.29 is 14.1 Å². The molecule has 106 valence electrons. The summed E-state index contributed by atoms with van der Waals surface area (Å²) in [4.78, 5) is 14.4. The highest BCUT2D eigenvalue weighted by atomic mass is 35.5. The van der Waals surface area contributed by atoms with E-state index in [-0.39, 0.29) is 5.69 Å². The molecule has 0 unspecified atom stereocenters. The number of nitrogens with zero attached hydrogens (tertiary/aromatic N) is 2. The molecule has 1 heterocycles. The number of aromatic nitrogens is 1. The van der Waals surface area contributed by atoms with Crippen molar-refractivity contribution in [1.29, 1.82) is 0 Å². The molecule has 2 aromatic rings. The molecule has 6 nitrogen and oxygen atoms in total. The number of hydrogen-bond acceptors (Lipinski definition) is 5. The Bertz CT molecular complexity index is 612. The summed E-state index contributed by atoms with van der Waals surface area (Å²) in [5.74, 6) is 2.01. The highest BCUT2D eigenvalue weighted by Gasteiger charge is 2.15. The summed E-state index contributed by atoms with van der Waals surface area (Å²) >= 11 is 5.62. The number of rotatable bonds is 6. The number of halogens is 1. The summed E-state index contributed by atoms with van der Waals surface area (Å²) in [5, 5.41) is 10.7. The number of benzene rings is 1. The SMILES string of the molecule is COc1cc([N+](=O)[O-])ccc1-c1cnc(CCCCl)o1. The number of alkyl halides is 1. The van der Waals surface area contributed by atoms with Gasteiger partial charge in [-0.1, -0.05) is 0 Å². The van der Waals surface area contributed by atoms with Crippen molar-refractivity contribution in [2.24, 2.45) is 0 Å². The van der Waals surface area contributed by atoms with E-state index in [9.17, 15) is 10.1 Å². The van der Waals surface area contributed by atoms with Gasteiger partial charge in [-0.3, -0.25) is 10.1 Å². The van der Waals surface area contributed by atoms with Crippen LogP contribution >= 0.6 is 11.6 Å². The molecule has 1 aromatic heterocycles. The second-order valence-electron chi connectivity index (χ2n) is 4.05. The quantitative estimate of drug-likeness (QED) is 0.463. The minimum Gasteiger partial charge on any atom is -0.496 e. The predicted octanol–water partition coefficient (Wildman–Crippen LogP) is 3.43. The minimum atomic E-state index is -0.474. The van der Waals surface area contributed by atoms with Crippen LogP contribution in [0.5, 0.6) is 5.75 Å². The van der Waals surface area contributed by atoms with Crippen molar-refractivity contribution in [1.82, 2.24) is 4.98 Å². The lowest BCUT2D eigenvalue weighted by Crippen LogP contribution is -1.92. The first-order chi connectivity index (χ1) is 9.65. The van der Waals surface area contributed by atoms with Crippen LogP contribution in [0.25, 0.3) is 11.3 Å². The van der Waals surface area contributed by atoms with E-state index in [2.05, 4.69) is 4.98 Å². The molecule has 0 bridgehead atoms. The molecule has 0 saturated carbocycles. The Morgan fingerprint density at radius 3 is 2.95 bits per heavy atom. The molecule has 0 fully saturated rings. The Hall–Kier alpha value is -2.08. The lowest BCUT2D eigenvalue weighted by molar-refractivity contribution is -0.384. The molecule has 0 aliphatic carbocycles. The largest absolute Gasteiger partial charge is 0.496 e. The third kappa shape index (κ3) is 3.08. The lowest BCUT2D eigenvalue weighted by atomic mass is 10.1. The Balaban J connectivity index is 2.32. The summed E-state index contributed by atoms with van der Waals surface area (Å²) in [5.41, 5.74) is 0.593. The van der Waals surface area contributed by atoms with E-state index in [1.165, 1.54) is 19.2 Å². The molecule has 0 saturated heterocycles. The second-order valence-corrected chi connectivity index (χ2v) is 4.43. The van der Waals surface area contributed by atoms with E-state index in [1.54, 1.807) is 12.3 Å². The van der Waals surface area contributed by atoms with Gasteiger partial charge >= 0.3 is 0 Å². The summed E-state index contributed by atoms with van der Waals surface area (Å²) in [6.07, 6.45) is 3.00. The van der Waals surface area contributed by atoms with Crippen molar-refractivity contribution >= 4 is 17.3 Å². The van der Waals surface area contributed by atoms with Crippen LogP contribution < -0.4 is 4.74 Å². The minimum absolute atomic E-state index is 0.0347. The zero-order valence-electron chi connectivity index (χ0n) is 10.8. The van der Waals surface area contributed by atoms with Gasteiger partial charge in [0.2, 0.25) is 0 Å². The number of hydrogen-bond donors (Lipinski definition) is 0. The molecule has 7 heteroatoms. The first-order valence-electron chi connectivity index (χ1n) is 5.99. The number of aryl methyl sites for hydroxylation is 1. The maximum Gasteiger partial charge on any atom is 0.273 e. The monoisotopic (exact) mass is 296 g/mol. The third-order valence-corrected chi connectivity index (χ3v) is 3.01. The first kappa shape index (κ1) is 14.3. The Morgan fingerprint density at radius 1 is 1.50 bits per heavy atom. The average Bonchev–Trinajstić information content (AvgIpc) is 2.92. The molecular weight excluding hydrogens is 284 g/mol. The van der Waals surface area contributed by atoms with E-state index in [4.69, 9.17) is 20.8 Å². The fraction of sp³-hybridized carbons (Fsp3) is 0.308. The van der Waals surface area contributed by atoms with E-state index in [1.807, 2.05) is 0 Å². The fourth-order valence-corrected chi connectivity index (χ4v) is 1.90. The smallest absolute Gasteiger partial charge is 0.273 e. The van der Waals surface area contributed by atoms with Crippen LogP contribution in [0.4, 0.5) is 5.69 Å². The highest BCUT2D eigenvalue weighted by Crippen LogP contribution is 2.33. The maximum absolute atomic E-state index is 10.7. The molecule has 0 radical (unpaired) electrons. The third-order valence-electron chi connectivity index (χ3n) is 2.74. The summed E-state index contributed by atoms with van der Waals surface area (Å²) in [6.45, 7) is 0. The summed E-state index contributed by atoms with van der Waals surface area (Å²) in [6, 6.07) is 4.35. The van der Waals surface area contributed by atoms with Gasteiger partial charge in [-0.05, 0) is 12.5 Å². The molecule has 20 heavy (non-hydrogen) atoms. The van der Waals surface area contributed by atoms with Gasteiger partial charge in [-0.15, -0.1) is 11.6 Å². The lowest BCUT2D eigenvalue weighted by Gasteiger charge is -2.05. The predicted molar refractivity (Wildman–Crippen MR) is 74.2 cm³/mol. The fourth-order valence-electron chi connectivity index (χ4n) is 1.77. The van der Waals surface area contributed by atoms with E-state index in [0.29, 0.717) is 35.3 Å². The van der Waals surface area contributed by atoms with Crippen molar-refractivity contribution in [2.45, 2.75) is 12.8 Å². The number of nitro groups is 1. The van der Waals surface area contributed by atoms with Gasteiger partial charge in [0.05, 0.1) is 29.9 Å². The van der Waals surface area contributed by atoms with Crippen LogP contribution in [-0.4, -0.2) is 22.9 Å². The number of nitro benzene ring substituents is 1. The first-order valence-corrected chi connectivity index (χ1v) is 6.52. The normalized spacial score (nSPS) is 10.5. The molecule has 0 atom stereocenters. The Labute approximate surface area is 120 Å². The van der Waals surface area contributed by atoms with Gasteiger partial charge in [0.25, 0.3) is 5.69 Å². The molecule has 1 aromatic carbocycles. The van der Waals surface area contributed by atoms with Gasteiger partial charge < -0.3 is 9.15 Å². The molecule has 2 rings (SSSR count). The summed E-state index contributed by atoms with van der Waals surface area (Å²) in [7, 11) is 1.45. The van der Waals surface area contributed by atoms with Crippen LogP contribution in [-0.2, 0) is 6.42 Å². The number of ether oxygens (including phenoxy) is 1. The molecule has 0 aliphatic heterocycles. The number of non-ortho nitro benzene ring substituents is 1. The van der Waals surface area contributed by atoms with Gasteiger partial charge in [0, 0.05) is 18.4 Å². The Kier molecular flexibility index (Phi) is 4.57. The van der Waals surface area contributed by atoms with Crippen LogP contribution in [0.15, 0.2) is 28.8 Å². The van der Waals surface area contributed by atoms with Gasteiger partial charge in [0.15, 0.2) is 11.7 Å². The Morgan fingerprint density at radius 2 is 2.30 bits per heavy atom. The highest BCUT2D eigenvalue weighted by molar-refractivity contribution is 6.17. The van der Waals surface area contributed by atoms with Crippen LogP contribution in [0.3, 0.4) is 0 Å². The summed E-state index contributed by atoms with van der Waals surface area (Å²) < 4.78 is 10.8. The van der Waals surface area contributed by atoms with Gasteiger partial charge in [-0.25, -0.2) is 4.98 Å². The zero-order chi connectivity index (χ0) is 14.5.